The molecule has 0 radical (unpaired) electrons. The van der Waals surface area contributed by atoms with Gasteiger partial charge in [0.25, 0.3) is 0 Å². The number of benzene rings is 1. The predicted octanol–water partition coefficient (Wildman–Crippen LogP) is 4.13. The summed E-state index contributed by atoms with van der Waals surface area (Å²) in [6, 6.07) is 9.78. The number of likely N-dealkylation sites (tertiary alicyclic amines) is 1. The molecule has 0 spiro atoms. The minimum Gasteiger partial charge on any atom is -0.450 e. The van der Waals surface area contributed by atoms with Gasteiger partial charge in [-0.2, -0.15) is 0 Å². The molecular formula is C27H33N7O4. The monoisotopic (exact) mass is 519 g/mol. The second-order valence-electron chi connectivity index (χ2n) is 8.70. The Morgan fingerprint density at radius 3 is 2.45 bits per heavy atom. The highest BCUT2D eigenvalue weighted by Crippen LogP contribution is 2.32. The number of aromatic amines is 1. The number of imidazole rings is 1. The molecule has 0 saturated carbocycles. The van der Waals surface area contributed by atoms with Crippen LogP contribution in [0.1, 0.15) is 20.0 Å². The van der Waals surface area contributed by atoms with E-state index < -0.39 is 6.09 Å². The number of fused-ring (bicyclic) bond motifs is 1. The lowest BCUT2D eigenvalue weighted by Gasteiger charge is -2.14. The third-order valence-corrected chi connectivity index (χ3v) is 6.33. The molecule has 2 atom stereocenters. The number of H-pyrrole nitrogens is 1. The number of ether oxygens (including phenoxy) is 3. The summed E-state index contributed by atoms with van der Waals surface area (Å²) in [4.78, 5) is 35.4. The Bertz CT molecular complexity index is 1350. The molecule has 11 nitrogen and oxygen atoms in total. The Morgan fingerprint density at radius 1 is 1.08 bits per heavy atom. The standard InChI is InChI=1S/C26H29N7O4.CH4/c1-4-37-26(34)32-25-30-20-11-17(10-19(23(20)31-25)24-27-8-5-9-28-24)16-6-7-18(29-12-16)13-33-14-21(35-2)22(15-33)36-3;/h5-12,21-22H,4,13-15H2,1-3H3,(H2,30,31,32,34);1H4/t21-,22-;/m0./s1. The molecule has 11 heteroatoms. The number of methoxy groups -OCH3 is 2. The van der Waals surface area contributed by atoms with E-state index in [0.717, 1.165) is 41.0 Å². The maximum atomic E-state index is 11.9. The van der Waals surface area contributed by atoms with Crippen molar-refractivity contribution in [3.05, 3.63) is 54.6 Å². The number of rotatable bonds is 8. The number of nitrogens with zero attached hydrogens (tertiary/aromatic N) is 5. The average molecular weight is 520 g/mol. The minimum absolute atomic E-state index is 0. The van der Waals surface area contributed by atoms with E-state index >= 15 is 0 Å². The van der Waals surface area contributed by atoms with Crippen LogP contribution in [0, 0.1) is 0 Å². The summed E-state index contributed by atoms with van der Waals surface area (Å²) in [7, 11) is 3.43. The first-order chi connectivity index (χ1) is 18.1. The molecule has 1 fully saturated rings. The Labute approximate surface area is 221 Å². The highest BCUT2D eigenvalue weighted by Gasteiger charge is 2.32. The third-order valence-electron chi connectivity index (χ3n) is 6.33. The van der Waals surface area contributed by atoms with Crippen LogP contribution in [-0.2, 0) is 20.8 Å². The zero-order valence-electron chi connectivity index (χ0n) is 21.0. The topological polar surface area (TPSA) is 127 Å². The molecule has 3 aromatic heterocycles. The van der Waals surface area contributed by atoms with Crippen molar-refractivity contribution >= 4 is 23.1 Å². The molecule has 1 amide bonds. The van der Waals surface area contributed by atoms with Gasteiger partial charge in [-0.1, -0.05) is 13.5 Å². The SMILES string of the molecule is C.CCOC(=O)Nc1nc2c(-c3ncccn3)cc(-c3ccc(CN4C[C@H](OC)[C@@H](OC)C4)nc3)cc2[nH]1. The molecule has 4 aromatic rings. The van der Waals surface area contributed by atoms with E-state index in [1.54, 1.807) is 39.6 Å². The fraction of sp³-hybridized carbons (Fsp3) is 0.370. The van der Waals surface area contributed by atoms with Crippen LogP contribution in [0.25, 0.3) is 33.5 Å². The number of carbonyl (C=O) groups is 1. The fourth-order valence-electron chi connectivity index (χ4n) is 4.53. The minimum atomic E-state index is -0.578. The lowest BCUT2D eigenvalue weighted by atomic mass is 10.0. The van der Waals surface area contributed by atoms with E-state index in [0.29, 0.717) is 17.9 Å². The molecule has 5 rings (SSSR count). The number of hydrogen-bond donors (Lipinski definition) is 2. The number of carbonyl (C=O) groups excluding carboxylic acids is 1. The Balaban J connectivity index is 0.00000336. The lowest BCUT2D eigenvalue weighted by molar-refractivity contribution is -0.00461. The summed E-state index contributed by atoms with van der Waals surface area (Å²) >= 11 is 0. The summed E-state index contributed by atoms with van der Waals surface area (Å²) in [6.45, 7) is 4.33. The van der Waals surface area contributed by atoms with Gasteiger partial charge in [0, 0.05) is 63.6 Å². The molecule has 1 aliphatic rings. The summed E-state index contributed by atoms with van der Waals surface area (Å²) in [5.74, 6) is 0.813. The predicted molar refractivity (Wildman–Crippen MR) is 145 cm³/mol. The van der Waals surface area contributed by atoms with Gasteiger partial charge in [0.2, 0.25) is 5.95 Å². The molecule has 0 aliphatic carbocycles. The molecule has 38 heavy (non-hydrogen) atoms. The van der Waals surface area contributed by atoms with Crippen molar-refractivity contribution in [3.63, 3.8) is 0 Å². The van der Waals surface area contributed by atoms with Gasteiger partial charge in [-0.25, -0.2) is 19.7 Å². The van der Waals surface area contributed by atoms with Crippen LogP contribution in [0.3, 0.4) is 0 Å². The van der Waals surface area contributed by atoms with Crippen molar-refractivity contribution in [2.45, 2.75) is 33.1 Å². The fourth-order valence-corrected chi connectivity index (χ4v) is 4.53. The number of amides is 1. The Kier molecular flexibility index (Phi) is 8.62. The van der Waals surface area contributed by atoms with Gasteiger partial charge in [0.05, 0.1) is 30.0 Å². The first kappa shape index (κ1) is 27.1. The van der Waals surface area contributed by atoms with E-state index in [2.05, 4.69) is 30.2 Å². The van der Waals surface area contributed by atoms with Crippen LogP contribution in [-0.4, -0.2) is 82.0 Å². The summed E-state index contributed by atoms with van der Waals surface area (Å²) in [5, 5.41) is 2.62. The first-order valence-electron chi connectivity index (χ1n) is 12.1. The van der Waals surface area contributed by atoms with Crippen molar-refractivity contribution in [3.8, 4) is 22.5 Å². The van der Waals surface area contributed by atoms with Gasteiger partial charge in [-0.15, -0.1) is 0 Å². The van der Waals surface area contributed by atoms with Crippen LogP contribution in [0.5, 0.6) is 0 Å². The maximum Gasteiger partial charge on any atom is 0.413 e. The van der Waals surface area contributed by atoms with Gasteiger partial charge in [0.1, 0.15) is 5.52 Å². The van der Waals surface area contributed by atoms with Crippen molar-refractivity contribution < 1.29 is 19.0 Å². The first-order valence-corrected chi connectivity index (χ1v) is 12.1. The normalized spacial score (nSPS) is 17.3. The van der Waals surface area contributed by atoms with E-state index in [1.165, 1.54) is 0 Å². The molecule has 2 N–H and O–H groups in total. The van der Waals surface area contributed by atoms with Gasteiger partial charge >= 0.3 is 6.09 Å². The largest absolute Gasteiger partial charge is 0.450 e. The average Bonchev–Trinajstić information content (AvgIpc) is 3.51. The number of pyridine rings is 1. The number of aromatic nitrogens is 5. The quantitative estimate of drug-likeness (QED) is 0.353. The molecule has 1 aliphatic heterocycles. The van der Waals surface area contributed by atoms with E-state index in [1.807, 2.05) is 30.5 Å². The number of nitrogens with one attached hydrogen (secondary N) is 2. The van der Waals surface area contributed by atoms with Gasteiger partial charge in [-0.3, -0.25) is 15.2 Å². The molecule has 0 unspecified atom stereocenters. The second kappa shape index (κ2) is 12.1. The Hall–Kier alpha value is -3.93. The lowest BCUT2D eigenvalue weighted by Crippen LogP contribution is -2.27. The van der Waals surface area contributed by atoms with Crippen LogP contribution in [0.4, 0.5) is 10.7 Å². The van der Waals surface area contributed by atoms with E-state index in [4.69, 9.17) is 19.2 Å². The van der Waals surface area contributed by atoms with Crippen LogP contribution in [0.2, 0.25) is 0 Å². The van der Waals surface area contributed by atoms with Crippen LogP contribution >= 0.6 is 0 Å². The molecule has 4 heterocycles. The van der Waals surface area contributed by atoms with Gasteiger partial charge < -0.3 is 19.2 Å². The summed E-state index contributed by atoms with van der Waals surface area (Å²) < 4.78 is 16.1. The smallest absolute Gasteiger partial charge is 0.413 e. The van der Waals surface area contributed by atoms with Gasteiger partial charge in [-0.05, 0) is 36.8 Å². The maximum absolute atomic E-state index is 11.9. The molecule has 200 valence electrons. The highest BCUT2D eigenvalue weighted by atomic mass is 16.5. The molecular weight excluding hydrogens is 486 g/mol. The van der Waals surface area contributed by atoms with Gasteiger partial charge in [0.15, 0.2) is 5.82 Å². The van der Waals surface area contributed by atoms with E-state index in [9.17, 15) is 4.79 Å². The van der Waals surface area contributed by atoms with Crippen molar-refractivity contribution in [2.75, 3.05) is 39.2 Å². The Morgan fingerprint density at radius 2 is 1.82 bits per heavy atom. The highest BCUT2D eigenvalue weighted by molar-refractivity contribution is 5.96. The zero-order valence-corrected chi connectivity index (χ0v) is 21.0. The van der Waals surface area contributed by atoms with Crippen LogP contribution < -0.4 is 5.32 Å². The summed E-state index contributed by atoms with van der Waals surface area (Å²) in [5.41, 5.74) is 4.91. The van der Waals surface area contributed by atoms with Crippen molar-refractivity contribution in [2.24, 2.45) is 0 Å². The second-order valence-corrected chi connectivity index (χ2v) is 8.70. The van der Waals surface area contributed by atoms with Crippen LogP contribution in [0.15, 0.2) is 48.9 Å². The summed E-state index contributed by atoms with van der Waals surface area (Å²) in [6.07, 6.45) is 4.77. The van der Waals surface area contributed by atoms with Crippen molar-refractivity contribution in [1.82, 2.24) is 29.8 Å². The molecule has 0 bridgehead atoms. The molecule has 1 saturated heterocycles. The van der Waals surface area contributed by atoms with E-state index in [-0.39, 0.29) is 32.2 Å². The zero-order chi connectivity index (χ0) is 25.8. The van der Waals surface area contributed by atoms with Crippen molar-refractivity contribution in [1.29, 1.82) is 0 Å². The molecule has 1 aromatic carbocycles. The number of anilines is 1. The third kappa shape index (κ3) is 5.80. The number of hydrogen-bond acceptors (Lipinski definition) is 9.